The van der Waals surface area contributed by atoms with Gasteiger partial charge in [-0.1, -0.05) is 24.3 Å². The van der Waals surface area contributed by atoms with Gasteiger partial charge in [0.1, 0.15) is 5.75 Å². The number of methoxy groups -OCH3 is 1. The number of carbonyl (C=O) groups excluding carboxylic acids is 2. The Kier molecular flexibility index (Phi) is 5.00. The number of phenolic OH excluding ortho intramolecular Hbond substituents is 1. The number of anilines is 1. The standard InChI is InChI=1S/C19H19NO5/c1-24-19(23)13-6-7-15(16(21)10-13)20-18(22)11-17-14-5-3-2-4-12(14)8-9-25-17/h2-7,10,17,21H,8-9,11H2,1H3,(H,20,22)/t17-/m0/s1. The molecule has 1 aliphatic rings. The quantitative estimate of drug-likeness (QED) is 0.660. The summed E-state index contributed by atoms with van der Waals surface area (Å²) in [7, 11) is 1.26. The fraction of sp³-hybridized carbons (Fsp3) is 0.263. The molecule has 1 aliphatic heterocycles. The molecule has 2 aromatic rings. The van der Waals surface area contributed by atoms with Crippen LogP contribution in [0.15, 0.2) is 42.5 Å². The predicted octanol–water partition coefficient (Wildman–Crippen LogP) is 2.82. The second-order valence-corrected chi connectivity index (χ2v) is 5.78. The summed E-state index contributed by atoms with van der Waals surface area (Å²) in [5.41, 5.74) is 2.66. The fourth-order valence-corrected chi connectivity index (χ4v) is 2.90. The molecule has 0 unspecified atom stereocenters. The third kappa shape index (κ3) is 3.80. The molecule has 0 saturated carbocycles. The molecule has 0 bridgehead atoms. The van der Waals surface area contributed by atoms with Crippen molar-refractivity contribution in [2.45, 2.75) is 18.9 Å². The average molecular weight is 341 g/mol. The minimum atomic E-state index is -0.555. The third-order valence-corrected chi connectivity index (χ3v) is 4.16. The lowest BCUT2D eigenvalue weighted by Crippen LogP contribution is -2.22. The number of carbonyl (C=O) groups is 2. The highest BCUT2D eigenvalue weighted by Gasteiger charge is 2.23. The maximum Gasteiger partial charge on any atom is 0.337 e. The molecule has 2 aromatic carbocycles. The number of rotatable bonds is 4. The van der Waals surface area contributed by atoms with Gasteiger partial charge in [-0.3, -0.25) is 4.79 Å². The summed E-state index contributed by atoms with van der Waals surface area (Å²) >= 11 is 0. The van der Waals surface area contributed by atoms with Crippen molar-refractivity contribution >= 4 is 17.6 Å². The lowest BCUT2D eigenvalue weighted by atomic mass is 9.95. The molecule has 1 atom stereocenters. The number of ether oxygens (including phenoxy) is 2. The van der Waals surface area contributed by atoms with E-state index in [4.69, 9.17) is 4.74 Å². The van der Waals surface area contributed by atoms with Crippen molar-refractivity contribution in [3.63, 3.8) is 0 Å². The molecular formula is C19H19NO5. The van der Waals surface area contributed by atoms with Crippen LogP contribution in [0.4, 0.5) is 5.69 Å². The maximum absolute atomic E-state index is 12.3. The molecule has 0 aliphatic carbocycles. The highest BCUT2D eigenvalue weighted by molar-refractivity contribution is 5.95. The van der Waals surface area contributed by atoms with E-state index in [9.17, 15) is 14.7 Å². The van der Waals surface area contributed by atoms with Gasteiger partial charge in [0, 0.05) is 0 Å². The Balaban J connectivity index is 1.69. The van der Waals surface area contributed by atoms with Gasteiger partial charge < -0.3 is 19.9 Å². The van der Waals surface area contributed by atoms with Crippen molar-refractivity contribution in [1.29, 1.82) is 0 Å². The average Bonchev–Trinajstić information content (AvgIpc) is 2.63. The minimum Gasteiger partial charge on any atom is -0.506 e. The summed E-state index contributed by atoms with van der Waals surface area (Å²) in [4.78, 5) is 23.8. The topological polar surface area (TPSA) is 84.9 Å². The van der Waals surface area contributed by atoms with Crippen molar-refractivity contribution in [1.82, 2.24) is 0 Å². The number of aromatic hydroxyl groups is 1. The van der Waals surface area contributed by atoms with Gasteiger partial charge in [0.05, 0.1) is 37.5 Å². The second kappa shape index (κ2) is 7.36. The van der Waals surface area contributed by atoms with E-state index in [0.29, 0.717) is 6.61 Å². The Hall–Kier alpha value is -2.86. The van der Waals surface area contributed by atoms with Gasteiger partial charge in [-0.15, -0.1) is 0 Å². The zero-order valence-electron chi connectivity index (χ0n) is 13.8. The molecule has 6 heteroatoms. The number of esters is 1. The molecule has 130 valence electrons. The summed E-state index contributed by atoms with van der Waals surface area (Å²) in [5, 5.41) is 12.6. The van der Waals surface area contributed by atoms with Crippen LogP contribution in [0, 0.1) is 0 Å². The Morgan fingerprint density at radius 1 is 1.28 bits per heavy atom. The van der Waals surface area contributed by atoms with Crippen LogP contribution in [0.1, 0.15) is 34.0 Å². The molecule has 1 heterocycles. The van der Waals surface area contributed by atoms with E-state index in [1.54, 1.807) is 0 Å². The normalized spacial score (nSPS) is 16.0. The Bertz CT molecular complexity index is 802. The van der Waals surface area contributed by atoms with Crippen molar-refractivity contribution in [3.05, 3.63) is 59.2 Å². The SMILES string of the molecule is COC(=O)c1ccc(NC(=O)C[C@@H]2OCCc3ccccc32)c(O)c1. The van der Waals surface area contributed by atoms with Crippen LogP contribution in [0.3, 0.4) is 0 Å². The van der Waals surface area contributed by atoms with Crippen molar-refractivity contribution in [2.75, 3.05) is 19.0 Å². The number of phenols is 1. The number of hydrogen-bond donors (Lipinski definition) is 2. The number of amides is 1. The van der Waals surface area contributed by atoms with Gasteiger partial charge in [-0.2, -0.15) is 0 Å². The first-order valence-corrected chi connectivity index (χ1v) is 7.99. The van der Waals surface area contributed by atoms with Crippen LogP contribution < -0.4 is 5.32 Å². The minimum absolute atomic E-state index is 0.148. The fourth-order valence-electron chi connectivity index (χ4n) is 2.90. The Morgan fingerprint density at radius 2 is 2.08 bits per heavy atom. The van der Waals surface area contributed by atoms with Crippen molar-refractivity contribution < 1.29 is 24.2 Å². The van der Waals surface area contributed by atoms with Gasteiger partial charge in [0.25, 0.3) is 0 Å². The molecule has 2 N–H and O–H groups in total. The Morgan fingerprint density at radius 3 is 2.84 bits per heavy atom. The summed E-state index contributed by atoms with van der Waals surface area (Å²) in [6, 6.07) is 12.1. The molecule has 25 heavy (non-hydrogen) atoms. The van der Waals surface area contributed by atoms with Crippen molar-refractivity contribution in [3.8, 4) is 5.75 Å². The first-order chi connectivity index (χ1) is 12.1. The van der Waals surface area contributed by atoms with Crippen LogP contribution in [0.5, 0.6) is 5.75 Å². The first-order valence-electron chi connectivity index (χ1n) is 7.99. The summed E-state index contributed by atoms with van der Waals surface area (Å²) in [6.45, 7) is 0.577. The van der Waals surface area contributed by atoms with Gasteiger partial charge in [0.2, 0.25) is 5.91 Å². The molecule has 0 aromatic heterocycles. The molecule has 6 nitrogen and oxygen atoms in total. The third-order valence-electron chi connectivity index (χ3n) is 4.16. The molecule has 0 radical (unpaired) electrons. The first kappa shape index (κ1) is 17.0. The van der Waals surface area contributed by atoms with E-state index in [0.717, 1.165) is 12.0 Å². The van der Waals surface area contributed by atoms with Crippen LogP contribution in [0.2, 0.25) is 0 Å². The van der Waals surface area contributed by atoms with E-state index in [1.807, 2.05) is 24.3 Å². The zero-order chi connectivity index (χ0) is 17.8. The van der Waals surface area contributed by atoms with Crippen LogP contribution in [-0.4, -0.2) is 30.7 Å². The smallest absolute Gasteiger partial charge is 0.337 e. The van der Waals surface area contributed by atoms with Gasteiger partial charge in [-0.05, 0) is 35.7 Å². The summed E-state index contributed by atoms with van der Waals surface area (Å²) in [5.74, 6) is -1.02. The molecule has 0 saturated heterocycles. The summed E-state index contributed by atoms with van der Waals surface area (Å²) in [6.07, 6.45) is 0.681. The maximum atomic E-state index is 12.3. The van der Waals surface area contributed by atoms with Gasteiger partial charge >= 0.3 is 5.97 Å². The van der Waals surface area contributed by atoms with Crippen LogP contribution in [0.25, 0.3) is 0 Å². The van der Waals surface area contributed by atoms with E-state index in [2.05, 4.69) is 10.1 Å². The van der Waals surface area contributed by atoms with E-state index in [-0.39, 0.29) is 35.4 Å². The van der Waals surface area contributed by atoms with E-state index in [1.165, 1.54) is 30.9 Å². The largest absolute Gasteiger partial charge is 0.506 e. The Labute approximate surface area is 145 Å². The molecule has 0 fully saturated rings. The second-order valence-electron chi connectivity index (χ2n) is 5.78. The molecular weight excluding hydrogens is 322 g/mol. The lowest BCUT2D eigenvalue weighted by molar-refractivity contribution is -0.119. The van der Waals surface area contributed by atoms with E-state index < -0.39 is 5.97 Å². The van der Waals surface area contributed by atoms with Crippen LogP contribution >= 0.6 is 0 Å². The van der Waals surface area contributed by atoms with E-state index >= 15 is 0 Å². The van der Waals surface area contributed by atoms with Crippen LogP contribution in [-0.2, 0) is 20.7 Å². The molecule has 3 rings (SSSR count). The zero-order valence-corrected chi connectivity index (χ0v) is 13.8. The van der Waals surface area contributed by atoms with Gasteiger partial charge in [-0.25, -0.2) is 4.79 Å². The predicted molar refractivity (Wildman–Crippen MR) is 91.5 cm³/mol. The summed E-state index contributed by atoms with van der Waals surface area (Å²) < 4.78 is 10.3. The highest BCUT2D eigenvalue weighted by atomic mass is 16.5. The molecule has 1 amide bonds. The molecule has 0 spiro atoms. The number of nitrogens with one attached hydrogen (secondary N) is 1. The lowest BCUT2D eigenvalue weighted by Gasteiger charge is -2.25. The number of benzene rings is 2. The number of fused-ring (bicyclic) bond motifs is 1. The monoisotopic (exact) mass is 341 g/mol. The van der Waals surface area contributed by atoms with Gasteiger partial charge in [0.15, 0.2) is 0 Å². The van der Waals surface area contributed by atoms with Crippen molar-refractivity contribution in [2.24, 2.45) is 0 Å². The highest BCUT2D eigenvalue weighted by Crippen LogP contribution is 2.31. The number of hydrogen-bond acceptors (Lipinski definition) is 5.